The Hall–Kier alpha value is -2.18. The Kier molecular flexibility index (Phi) is 4.22. The fourth-order valence-electron chi connectivity index (χ4n) is 1.81. The molecule has 2 aromatic rings. The number of nitrogens with zero attached hydrogens (tertiary/aromatic N) is 2. The maximum atomic E-state index is 13.2. The number of carbonyl (C=O) groups excluding carboxylic acids is 1. The van der Waals surface area contributed by atoms with E-state index in [-0.39, 0.29) is 10.3 Å². The SMILES string of the molecule is O=C1NC(=Nc2ccc(F)c(Cl)c2)/C(=C/c2cccnc2)S1. The molecule has 4 nitrogen and oxygen atoms in total. The van der Waals surface area contributed by atoms with Gasteiger partial charge in [-0.15, -0.1) is 0 Å². The number of amidine groups is 1. The first kappa shape index (κ1) is 14.7. The average molecular weight is 334 g/mol. The van der Waals surface area contributed by atoms with Crippen LogP contribution >= 0.6 is 23.4 Å². The zero-order chi connectivity index (χ0) is 15.5. The van der Waals surface area contributed by atoms with Crippen molar-refractivity contribution >= 4 is 46.2 Å². The summed E-state index contributed by atoms with van der Waals surface area (Å²) in [6.07, 6.45) is 5.16. The molecule has 2 heterocycles. The Bertz CT molecular complexity index is 793. The molecular formula is C15H9ClFN3OS. The Morgan fingerprint density at radius 3 is 2.95 bits per heavy atom. The van der Waals surface area contributed by atoms with Crippen LogP contribution in [-0.2, 0) is 0 Å². The van der Waals surface area contributed by atoms with Gasteiger partial charge >= 0.3 is 0 Å². The number of thioether (sulfide) groups is 1. The molecule has 0 spiro atoms. The summed E-state index contributed by atoms with van der Waals surface area (Å²) in [5.74, 6) is -0.108. The third-order valence-corrected chi connectivity index (χ3v) is 3.89. The summed E-state index contributed by atoms with van der Waals surface area (Å²) in [4.78, 5) is 20.6. The first-order valence-electron chi connectivity index (χ1n) is 6.26. The minimum Gasteiger partial charge on any atom is -0.300 e. The van der Waals surface area contributed by atoms with Crippen molar-refractivity contribution in [1.82, 2.24) is 10.3 Å². The number of aromatic nitrogens is 1. The molecule has 1 fully saturated rings. The van der Waals surface area contributed by atoms with Crippen molar-refractivity contribution < 1.29 is 9.18 Å². The molecule has 1 aliphatic rings. The topological polar surface area (TPSA) is 54.4 Å². The standard InChI is InChI=1S/C15H9ClFN3OS/c16-11-7-10(3-4-12(11)17)19-14-13(22-15(21)20-14)6-9-2-1-5-18-8-9/h1-8H,(H,19,20,21)/b13-6-. The van der Waals surface area contributed by atoms with Gasteiger partial charge < -0.3 is 5.32 Å². The first-order chi connectivity index (χ1) is 10.6. The molecule has 22 heavy (non-hydrogen) atoms. The van der Waals surface area contributed by atoms with E-state index < -0.39 is 5.82 Å². The van der Waals surface area contributed by atoms with Crippen molar-refractivity contribution in [1.29, 1.82) is 0 Å². The summed E-state index contributed by atoms with van der Waals surface area (Å²) in [5.41, 5.74) is 1.31. The predicted octanol–water partition coefficient (Wildman–Crippen LogP) is 4.40. The van der Waals surface area contributed by atoms with Gasteiger partial charge in [0.2, 0.25) is 0 Å². The van der Waals surface area contributed by atoms with Crippen LogP contribution in [0.15, 0.2) is 52.6 Å². The zero-order valence-electron chi connectivity index (χ0n) is 11.1. The molecule has 0 unspecified atom stereocenters. The Morgan fingerprint density at radius 1 is 1.36 bits per heavy atom. The minimum atomic E-state index is -0.512. The minimum absolute atomic E-state index is 0.0170. The maximum Gasteiger partial charge on any atom is 0.289 e. The van der Waals surface area contributed by atoms with Gasteiger partial charge in [-0.2, -0.15) is 0 Å². The van der Waals surface area contributed by atoms with E-state index in [0.717, 1.165) is 17.3 Å². The number of rotatable bonds is 2. The largest absolute Gasteiger partial charge is 0.300 e. The fourth-order valence-corrected chi connectivity index (χ4v) is 2.72. The highest BCUT2D eigenvalue weighted by Crippen LogP contribution is 2.29. The van der Waals surface area contributed by atoms with Crippen LogP contribution in [0, 0.1) is 5.82 Å². The molecule has 0 aliphatic carbocycles. The Balaban J connectivity index is 1.96. The summed E-state index contributed by atoms with van der Waals surface area (Å²) in [5, 5.41) is 2.42. The fraction of sp³-hybridized carbons (Fsp3) is 0. The van der Waals surface area contributed by atoms with Crippen molar-refractivity contribution in [3.63, 3.8) is 0 Å². The van der Waals surface area contributed by atoms with E-state index in [1.807, 2.05) is 6.07 Å². The van der Waals surface area contributed by atoms with Crippen LogP contribution in [-0.4, -0.2) is 16.1 Å². The van der Waals surface area contributed by atoms with Gasteiger partial charge in [0.1, 0.15) is 11.7 Å². The quantitative estimate of drug-likeness (QED) is 0.886. The molecule has 0 radical (unpaired) electrons. The number of pyridine rings is 1. The molecule has 0 bridgehead atoms. The second kappa shape index (κ2) is 6.29. The van der Waals surface area contributed by atoms with Gasteiger partial charge in [0.25, 0.3) is 5.24 Å². The summed E-state index contributed by atoms with van der Waals surface area (Å²) in [6, 6.07) is 7.80. The molecule has 7 heteroatoms. The number of halogens is 2. The van der Waals surface area contributed by atoms with Gasteiger partial charge in [-0.3, -0.25) is 9.78 Å². The van der Waals surface area contributed by atoms with E-state index >= 15 is 0 Å². The van der Waals surface area contributed by atoms with Crippen LogP contribution in [0.3, 0.4) is 0 Å². The Morgan fingerprint density at radius 2 is 2.23 bits per heavy atom. The molecule has 1 saturated heterocycles. The van der Waals surface area contributed by atoms with Crippen LogP contribution in [0.5, 0.6) is 0 Å². The van der Waals surface area contributed by atoms with Crippen LogP contribution in [0.4, 0.5) is 14.9 Å². The first-order valence-corrected chi connectivity index (χ1v) is 7.46. The average Bonchev–Trinajstić information content (AvgIpc) is 2.83. The summed E-state index contributed by atoms with van der Waals surface area (Å²) in [7, 11) is 0. The van der Waals surface area contributed by atoms with E-state index in [0.29, 0.717) is 16.4 Å². The zero-order valence-corrected chi connectivity index (χ0v) is 12.7. The van der Waals surface area contributed by atoms with Gasteiger partial charge in [-0.25, -0.2) is 9.38 Å². The number of aliphatic imine (C=N–C) groups is 1. The molecule has 1 N–H and O–H groups in total. The van der Waals surface area contributed by atoms with Crippen molar-refractivity contribution in [2.24, 2.45) is 4.99 Å². The Labute approximate surface area is 135 Å². The smallest absolute Gasteiger partial charge is 0.289 e. The lowest BCUT2D eigenvalue weighted by atomic mass is 10.2. The van der Waals surface area contributed by atoms with Crippen molar-refractivity contribution in [3.8, 4) is 0 Å². The number of benzene rings is 1. The maximum absolute atomic E-state index is 13.2. The molecule has 0 atom stereocenters. The molecule has 1 aromatic carbocycles. The second-order valence-corrected chi connectivity index (χ2v) is 5.79. The number of nitrogens with one attached hydrogen (secondary N) is 1. The van der Waals surface area contributed by atoms with Gasteiger partial charge in [0.05, 0.1) is 15.6 Å². The third kappa shape index (κ3) is 3.35. The molecule has 110 valence electrons. The third-order valence-electron chi connectivity index (χ3n) is 2.78. The molecule has 0 saturated carbocycles. The van der Waals surface area contributed by atoms with E-state index in [9.17, 15) is 9.18 Å². The monoisotopic (exact) mass is 333 g/mol. The molecule has 1 amide bonds. The highest BCUT2D eigenvalue weighted by atomic mass is 35.5. The van der Waals surface area contributed by atoms with Crippen LogP contribution in [0.25, 0.3) is 6.08 Å². The summed E-state index contributed by atoms with van der Waals surface area (Å²) < 4.78 is 13.2. The molecule has 3 rings (SSSR count). The number of amides is 1. The van der Waals surface area contributed by atoms with Crippen molar-refractivity contribution in [2.45, 2.75) is 0 Å². The van der Waals surface area contributed by atoms with E-state index in [1.54, 1.807) is 24.5 Å². The van der Waals surface area contributed by atoms with E-state index in [1.165, 1.54) is 18.2 Å². The highest BCUT2D eigenvalue weighted by Gasteiger charge is 2.23. The molecule has 1 aliphatic heterocycles. The lowest BCUT2D eigenvalue weighted by molar-refractivity contribution is 0.265. The van der Waals surface area contributed by atoms with E-state index in [4.69, 9.17) is 11.6 Å². The predicted molar refractivity (Wildman–Crippen MR) is 86.8 cm³/mol. The van der Waals surface area contributed by atoms with Crippen molar-refractivity contribution in [2.75, 3.05) is 0 Å². The van der Waals surface area contributed by atoms with Crippen molar-refractivity contribution in [3.05, 3.63) is 64.0 Å². The van der Waals surface area contributed by atoms with Gasteiger partial charge in [-0.05, 0) is 47.7 Å². The number of hydrogen-bond donors (Lipinski definition) is 1. The number of hydrogen-bond acceptors (Lipinski definition) is 4. The summed E-state index contributed by atoms with van der Waals surface area (Å²) >= 11 is 6.77. The van der Waals surface area contributed by atoms with Gasteiger partial charge in [0.15, 0.2) is 0 Å². The van der Waals surface area contributed by atoms with Crippen LogP contribution in [0.1, 0.15) is 5.56 Å². The van der Waals surface area contributed by atoms with Gasteiger partial charge in [-0.1, -0.05) is 17.7 Å². The second-order valence-electron chi connectivity index (χ2n) is 4.37. The lowest BCUT2D eigenvalue weighted by Crippen LogP contribution is -2.18. The molecular weight excluding hydrogens is 325 g/mol. The number of carbonyl (C=O) groups is 1. The van der Waals surface area contributed by atoms with Crippen LogP contribution < -0.4 is 5.32 Å². The summed E-state index contributed by atoms with van der Waals surface area (Å²) in [6.45, 7) is 0. The lowest BCUT2D eigenvalue weighted by Gasteiger charge is -2.01. The van der Waals surface area contributed by atoms with Gasteiger partial charge in [0, 0.05) is 12.4 Å². The van der Waals surface area contributed by atoms with E-state index in [2.05, 4.69) is 15.3 Å². The highest BCUT2D eigenvalue weighted by molar-refractivity contribution is 8.18. The molecule has 1 aromatic heterocycles. The van der Waals surface area contributed by atoms with Crippen LogP contribution in [0.2, 0.25) is 5.02 Å². The normalized spacial score (nSPS) is 18.0.